The highest BCUT2D eigenvalue weighted by molar-refractivity contribution is 5.88. The number of rotatable bonds is 8. The Labute approximate surface area is 252 Å². The average molecular weight is 641 g/mol. The molecule has 3 aromatic rings. The zero-order valence-corrected chi connectivity index (χ0v) is 23.4. The van der Waals surface area contributed by atoms with E-state index in [1.165, 1.54) is 19.2 Å². The highest BCUT2D eigenvalue weighted by Gasteiger charge is 2.51. The van der Waals surface area contributed by atoms with Crippen LogP contribution in [0.3, 0.4) is 0 Å². The predicted octanol–water partition coefficient (Wildman–Crippen LogP) is -2.41. The van der Waals surface area contributed by atoms with Crippen LogP contribution in [0.1, 0.15) is 0 Å². The van der Waals surface area contributed by atoms with Crippen LogP contribution in [0.5, 0.6) is 28.7 Å². The molecule has 5 rings (SSSR count). The first-order valence-corrected chi connectivity index (χ1v) is 13.5. The van der Waals surface area contributed by atoms with Crippen LogP contribution in [-0.4, -0.2) is 133 Å². The first-order chi connectivity index (χ1) is 21.4. The quantitative estimate of drug-likeness (QED) is 0.123. The Balaban J connectivity index is 1.62. The van der Waals surface area contributed by atoms with Crippen LogP contribution in [0.25, 0.3) is 22.3 Å². The standard InChI is InChI=1S/C28H32O17/c1-40-13-3-2-9(4-11(13)32)24-25(20(36)17-12(33)5-10(31)6-14(17)41-24)44-28-26(22(38)19(35)16(8-30)43-28)45-27-23(39)21(37)18(34)15(7-29)42-27/h2-6,15-16,18-19,21-23,26-35,37-39H,7-8H2,1H3/t15-,16-,18+,19+,21+,22+,23-,26-,27+,28+/m1/s1. The first-order valence-electron chi connectivity index (χ1n) is 13.5. The van der Waals surface area contributed by atoms with Crippen LogP contribution in [0.2, 0.25) is 0 Å². The fraction of sp³-hybridized carbons (Fsp3) is 0.464. The van der Waals surface area contributed by atoms with Gasteiger partial charge in [-0.15, -0.1) is 0 Å². The van der Waals surface area contributed by atoms with E-state index >= 15 is 0 Å². The molecule has 2 saturated heterocycles. The second kappa shape index (κ2) is 12.9. The molecule has 17 nitrogen and oxygen atoms in total. The highest BCUT2D eigenvalue weighted by Crippen LogP contribution is 2.40. The van der Waals surface area contributed by atoms with Gasteiger partial charge >= 0.3 is 0 Å². The van der Waals surface area contributed by atoms with E-state index in [0.717, 1.165) is 18.2 Å². The molecule has 10 N–H and O–H groups in total. The minimum absolute atomic E-state index is 0.0200. The van der Waals surface area contributed by atoms with Crippen molar-refractivity contribution in [3.63, 3.8) is 0 Å². The van der Waals surface area contributed by atoms with E-state index < -0.39 is 103 Å². The number of benzene rings is 2. The maximum absolute atomic E-state index is 13.8. The minimum Gasteiger partial charge on any atom is -0.508 e. The van der Waals surface area contributed by atoms with Gasteiger partial charge in [-0.1, -0.05) is 0 Å². The molecule has 3 heterocycles. The molecule has 0 radical (unpaired) electrons. The van der Waals surface area contributed by atoms with Crippen molar-refractivity contribution >= 4 is 11.0 Å². The molecule has 2 aliphatic rings. The van der Waals surface area contributed by atoms with Crippen LogP contribution in [0, 0.1) is 0 Å². The van der Waals surface area contributed by atoms with Crippen molar-refractivity contribution in [1.29, 1.82) is 0 Å². The molecule has 17 heteroatoms. The van der Waals surface area contributed by atoms with Crippen LogP contribution in [0.4, 0.5) is 0 Å². The van der Waals surface area contributed by atoms with Crippen molar-refractivity contribution in [2.45, 2.75) is 61.4 Å². The van der Waals surface area contributed by atoms with Crippen LogP contribution in [0.15, 0.2) is 39.5 Å². The summed E-state index contributed by atoms with van der Waals surface area (Å²) in [4.78, 5) is 13.8. The van der Waals surface area contributed by atoms with E-state index in [9.17, 15) is 55.9 Å². The topological polar surface area (TPSA) is 279 Å². The third-order valence-electron chi connectivity index (χ3n) is 7.56. The third kappa shape index (κ3) is 5.98. The van der Waals surface area contributed by atoms with Crippen LogP contribution >= 0.6 is 0 Å². The number of ether oxygens (including phenoxy) is 5. The normalized spacial score (nSPS) is 32.0. The van der Waals surface area contributed by atoms with Crippen molar-refractivity contribution in [3.05, 3.63) is 40.6 Å². The van der Waals surface area contributed by atoms with Gasteiger partial charge in [-0.3, -0.25) is 4.79 Å². The van der Waals surface area contributed by atoms with Crippen molar-refractivity contribution in [1.82, 2.24) is 0 Å². The van der Waals surface area contributed by atoms with Gasteiger partial charge in [-0.25, -0.2) is 0 Å². The number of fused-ring (bicyclic) bond motifs is 1. The van der Waals surface area contributed by atoms with Crippen molar-refractivity contribution in [2.75, 3.05) is 20.3 Å². The lowest BCUT2D eigenvalue weighted by Crippen LogP contribution is -2.65. The third-order valence-corrected chi connectivity index (χ3v) is 7.56. The number of hydrogen-bond acceptors (Lipinski definition) is 17. The fourth-order valence-corrected chi connectivity index (χ4v) is 5.14. The van der Waals surface area contributed by atoms with E-state index in [4.69, 9.17) is 28.1 Å². The summed E-state index contributed by atoms with van der Waals surface area (Å²) in [7, 11) is 1.30. The molecule has 0 aliphatic carbocycles. The molecular weight excluding hydrogens is 608 g/mol. The number of methoxy groups -OCH3 is 1. The summed E-state index contributed by atoms with van der Waals surface area (Å²) < 4.78 is 33.4. The summed E-state index contributed by atoms with van der Waals surface area (Å²) in [5.41, 5.74) is -1.31. The average Bonchev–Trinajstić information content (AvgIpc) is 3.01. The summed E-state index contributed by atoms with van der Waals surface area (Å²) >= 11 is 0. The number of aromatic hydroxyl groups is 3. The van der Waals surface area contributed by atoms with Gasteiger partial charge in [0, 0.05) is 17.7 Å². The Kier molecular flexibility index (Phi) is 9.38. The lowest BCUT2D eigenvalue weighted by molar-refractivity contribution is -0.358. The molecule has 0 spiro atoms. The van der Waals surface area contributed by atoms with E-state index in [-0.39, 0.29) is 28.4 Å². The lowest BCUT2D eigenvalue weighted by Gasteiger charge is -2.45. The molecule has 2 aromatic carbocycles. The SMILES string of the molecule is COc1ccc(-c2oc3cc(O)cc(O)c3c(=O)c2O[C@@H]2O[C@H](CO)[C@H](O)[C@H](O)[C@H]2O[C@@H]2O[C@H](CO)[C@H](O)[C@H](O)[C@H]2O)cc1O. The van der Waals surface area contributed by atoms with Gasteiger partial charge in [0.15, 0.2) is 29.7 Å². The second-order valence-electron chi connectivity index (χ2n) is 10.4. The van der Waals surface area contributed by atoms with Gasteiger partial charge in [0.1, 0.15) is 65.2 Å². The summed E-state index contributed by atoms with van der Waals surface area (Å²) in [5, 5.41) is 102. The van der Waals surface area contributed by atoms with Gasteiger partial charge in [0.25, 0.3) is 0 Å². The second-order valence-corrected chi connectivity index (χ2v) is 10.4. The van der Waals surface area contributed by atoms with Gasteiger partial charge in [-0.05, 0) is 18.2 Å². The van der Waals surface area contributed by atoms with Crippen molar-refractivity contribution in [3.8, 4) is 40.1 Å². The molecule has 10 atom stereocenters. The molecule has 0 unspecified atom stereocenters. The van der Waals surface area contributed by atoms with E-state index in [0.29, 0.717) is 0 Å². The van der Waals surface area contributed by atoms with Crippen LogP contribution < -0.4 is 14.9 Å². The molecule has 1 aromatic heterocycles. The summed E-state index contributed by atoms with van der Waals surface area (Å²) in [5.74, 6) is -2.54. The van der Waals surface area contributed by atoms with Crippen molar-refractivity contribution in [2.24, 2.45) is 0 Å². The van der Waals surface area contributed by atoms with E-state index in [2.05, 4.69) is 0 Å². The summed E-state index contributed by atoms with van der Waals surface area (Å²) in [6.45, 7) is -1.66. The maximum atomic E-state index is 13.8. The molecule has 0 amide bonds. The monoisotopic (exact) mass is 640 g/mol. The Morgan fingerprint density at radius 3 is 2.04 bits per heavy atom. The van der Waals surface area contributed by atoms with Crippen LogP contribution in [-0.2, 0) is 14.2 Å². The summed E-state index contributed by atoms with van der Waals surface area (Å²) in [6, 6.07) is 5.76. The van der Waals surface area contributed by atoms with Crippen molar-refractivity contribution < 1.29 is 79.2 Å². The summed E-state index contributed by atoms with van der Waals surface area (Å²) in [6.07, 6.45) is -17.9. The molecular formula is C28H32O17. The molecule has 45 heavy (non-hydrogen) atoms. The fourth-order valence-electron chi connectivity index (χ4n) is 5.14. The minimum atomic E-state index is -1.96. The Bertz CT molecular complexity index is 1570. The Morgan fingerprint density at radius 1 is 0.778 bits per heavy atom. The number of phenols is 3. The molecule has 2 aliphatic heterocycles. The number of aliphatic hydroxyl groups is 7. The van der Waals surface area contributed by atoms with Gasteiger partial charge in [-0.2, -0.15) is 0 Å². The maximum Gasteiger partial charge on any atom is 0.239 e. The zero-order valence-electron chi connectivity index (χ0n) is 23.4. The van der Waals surface area contributed by atoms with E-state index in [1.54, 1.807) is 0 Å². The van der Waals surface area contributed by atoms with Gasteiger partial charge in [0.2, 0.25) is 17.5 Å². The van der Waals surface area contributed by atoms with E-state index in [1.807, 2.05) is 0 Å². The molecule has 0 saturated carbocycles. The zero-order chi connectivity index (χ0) is 32.7. The number of phenolic OH excluding ortho intramolecular Hbond substituents is 3. The predicted molar refractivity (Wildman–Crippen MR) is 146 cm³/mol. The number of hydrogen-bond donors (Lipinski definition) is 10. The number of aliphatic hydroxyl groups excluding tert-OH is 7. The van der Waals surface area contributed by atoms with Gasteiger partial charge < -0.3 is 79.2 Å². The van der Waals surface area contributed by atoms with Gasteiger partial charge in [0.05, 0.1) is 20.3 Å². The Morgan fingerprint density at radius 2 is 1.42 bits per heavy atom. The first kappa shape index (κ1) is 32.6. The largest absolute Gasteiger partial charge is 0.508 e. The highest BCUT2D eigenvalue weighted by atomic mass is 16.8. The smallest absolute Gasteiger partial charge is 0.239 e. The molecule has 246 valence electrons. The molecule has 2 fully saturated rings. The lowest BCUT2D eigenvalue weighted by atomic mass is 9.97. The Hall–Kier alpha value is -3.75. The molecule has 0 bridgehead atoms.